The number of esters is 1. The van der Waals surface area contributed by atoms with Crippen LogP contribution < -0.4 is 10.1 Å². The number of benzene rings is 2. The first kappa shape index (κ1) is 18.3. The molecule has 0 saturated carbocycles. The van der Waals surface area contributed by atoms with Gasteiger partial charge in [-0.1, -0.05) is 30.3 Å². The van der Waals surface area contributed by atoms with E-state index in [4.69, 9.17) is 4.74 Å². The van der Waals surface area contributed by atoms with Crippen LogP contribution in [-0.2, 0) is 14.3 Å². The number of ether oxygens (including phenoxy) is 2. The number of hydrogen-bond acceptors (Lipinski definition) is 4. The van der Waals surface area contributed by atoms with Gasteiger partial charge in [0, 0.05) is 13.0 Å². The van der Waals surface area contributed by atoms with Gasteiger partial charge in [0.25, 0.3) is 5.91 Å². The SMILES string of the molecule is COC(=O)CCCCNC(=O)COc1ccc2ccccc2c1Br. The van der Waals surface area contributed by atoms with Crippen LogP contribution in [0.25, 0.3) is 10.8 Å². The molecule has 2 aromatic rings. The summed E-state index contributed by atoms with van der Waals surface area (Å²) in [6.45, 7) is 0.464. The van der Waals surface area contributed by atoms with E-state index >= 15 is 0 Å². The van der Waals surface area contributed by atoms with Gasteiger partial charge in [-0.15, -0.1) is 0 Å². The van der Waals surface area contributed by atoms with Crippen molar-refractivity contribution in [2.75, 3.05) is 20.3 Å². The molecule has 0 heterocycles. The first-order chi connectivity index (χ1) is 11.6. The minimum absolute atomic E-state index is 0.0477. The predicted octanol–water partition coefficient (Wildman–Crippen LogP) is 3.44. The number of carbonyl (C=O) groups excluding carboxylic acids is 2. The number of unbranched alkanes of at least 4 members (excludes halogenated alkanes) is 1. The molecule has 0 unspecified atom stereocenters. The van der Waals surface area contributed by atoms with Crippen molar-refractivity contribution in [3.05, 3.63) is 40.9 Å². The van der Waals surface area contributed by atoms with Crippen LogP contribution in [-0.4, -0.2) is 32.1 Å². The van der Waals surface area contributed by atoms with E-state index in [0.29, 0.717) is 25.1 Å². The van der Waals surface area contributed by atoms with E-state index in [-0.39, 0.29) is 18.5 Å². The molecular weight excluding hydrogens is 374 g/mol. The van der Waals surface area contributed by atoms with Crippen LogP contribution in [0.2, 0.25) is 0 Å². The third-order valence-corrected chi connectivity index (χ3v) is 4.36. The molecule has 0 bridgehead atoms. The third kappa shape index (κ3) is 5.23. The van der Waals surface area contributed by atoms with Crippen molar-refractivity contribution in [3.8, 4) is 5.75 Å². The van der Waals surface area contributed by atoms with E-state index in [2.05, 4.69) is 26.0 Å². The van der Waals surface area contributed by atoms with Crippen molar-refractivity contribution in [3.63, 3.8) is 0 Å². The minimum atomic E-state index is -0.231. The molecule has 5 nitrogen and oxygen atoms in total. The molecule has 0 fully saturated rings. The fourth-order valence-electron chi connectivity index (χ4n) is 2.24. The number of nitrogens with one attached hydrogen (secondary N) is 1. The van der Waals surface area contributed by atoms with E-state index in [0.717, 1.165) is 21.7 Å². The molecular formula is C18H20BrNO4. The van der Waals surface area contributed by atoms with E-state index < -0.39 is 0 Å². The Labute approximate surface area is 149 Å². The van der Waals surface area contributed by atoms with Gasteiger partial charge in [-0.05, 0) is 45.6 Å². The largest absolute Gasteiger partial charge is 0.483 e. The van der Waals surface area contributed by atoms with E-state index in [1.807, 2.05) is 36.4 Å². The second-order valence-electron chi connectivity index (χ2n) is 5.27. The van der Waals surface area contributed by atoms with Gasteiger partial charge in [-0.3, -0.25) is 9.59 Å². The highest BCUT2D eigenvalue weighted by Crippen LogP contribution is 2.32. The molecule has 0 aliphatic rings. The maximum atomic E-state index is 11.8. The number of hydrogen-bond donors (Lipinski definition) is 1. The number of amides is 1. The van der Waals surface area contributed by atoms with Crippen molar-refractivity contribution in [1.82, 2.24) is 5.32 Å². The molecule has 128 valence electrons. The maximum absolute atomic E-state index is 11.8. The van der Waals surface area contributed by atoms with E-state index in [1.165, 1.54) is 7.11 Å². The zero-order chi connectivity index (χ0) is 17.4. The van der Waals surface area contributed by atoms with Crippen molar-refractivity contribution in [2.45, 2.75) is 19.3 Å². The monoisotopic (exact) mass is 393 g/mol. The van der Waals surface area contributed by atoms with Crippen LogP contribution in [0.4, 0.5) is 0 Å². The summed E-state index contributed by atoms with van der Waals surface area (Å²) < 4.78 is 11.0. The molecule has 1 amide bonds. The van der Waals surface area contributed by atoms with Gasteiger partial charge in [0.05, 0.1) is 11.6 Å². The maximum Gasteiger partial charge on any atom is 0.305 e. The van der Waals surface area contributed by atoms with Crippen LogP contribution in [0, 0.1) is 0 Å². The summed E-state index contributed by atoms with van der Waals surface area (Å²) in [4.78, 5) is 22.8. The minimum Gasteiger partial charge on any atom is -0.483 e. The van der Waals surface area contributed by atoms with Crippen molar-refractivity contribution in [2.24, 2.45) is 0 Å². The normalized spacial score (nSPS) is 10.4. The van der Waals surface area contributed by atoms with Crippen LogP contribution in [0.1, 0.15) is 19.3 Å². The molecule has 0 aromatic heterocycles. The van der Waals surface area contributed by atoms with Gasteiger partial charge >= 0.3 is 5.97 Å². The van der Waals surface area contributed by atoms with Gasteiger partial charge in [0.1, 0.15) is 5.75 Å². The Hall–Kier alpha value is -2.08. The highest BCUT2D eigenvalue weighted by molar-refractivity contribution is 9.10. The van der Waals surface area contributed by atoms with E-state index in [9.17, 15) is 9.59 Å². The quantitative estimate of drug-likeness (QED) is 0.550. The standard InChI is InChI=1S/C18H20BrNO4/c1-23-17(22)8-4-5-11-20-16(21)12-24-15-10-9-13-6-2-3-7-14(13)18(15)19/h2-3,6-7,9-10H,4-5,8,11-12H2,1H3,(H,20,21). The highest BCUT2D eigenvalue weighted by atomic mass is 79.9. The molecule has 0 spiro atoms. The number of rotatable bonds is 8. The fraction of sp³-hybridized carbons (Fsp3) is 0.333. The average molecular weight is 394 g/mol. The average Bonchev–Trinajstić information content (AvgIpc) is 2.60. The molecule has 0 aliphatic heterocycles. The van der Waals surface area contributed by atoms with Crippen LogP contribution >= 0.6 is 15.9 Å². The molecule has 2 rings (SSSR count). The Morgan fingerprint density at radius 3 is 2.71 bits per heavy atom. The molecule has 0 radical (unpaired) electrons. The lowest BCUT2D eigenvalue weighted by molar-refractivity contribution is -0.140. The molecule has 24 heavy (non-hydrogen) atoms. The molecule has 6 heteroatoms. The third-order valence-electron chi connectivity index (χ3n) is 3.54. The molecule has 0 atom stereocenters. The smallest absolute Gasteiger partial charge is 0.305 e. The predicted molar refractivity (Wildman–Crippen MR) is 96.0 cm³/mol. The Morgan fingerprint density at radius 1 is 1.12 bits per heavy atom. The lowest BCUT2D eigenvalue weighted by atomic mass is 10.1. The summed E-state index contributed by atoms with van der Waals surface area (Å²) in [5.41, 5.74) is 0. The summed E-state index contributed by atoms with van der Waals surface area (Å²) in [6, 6.07) is 11.7. The van der Waals surface area contributed by atoms with Gasteiger partial charge in [0.15, 0.2) is 6.61 Å². The van der Waals surface area contributed by atoms with Crippen LogP contribution in [0.5, 0.6) is 5.75 Å². The second kappa shape index (κ2) is 9.27. The number of fused-ring (bicyclic) bond motifs is 1. The Kier molecular flexibility index (Phi) is 7.06. The first-order valence-electron chi connectivity index (χ1n) is 7.75. The van der Waals surface area contributed by atoms with Crippen molar-refractivity contribution < 1.29 is 19.1 Å². The Balaban J connectivity index is 1.76. The number of methoxy groups -OCH3 is 1. The summed E-state index contributed by atoms with van der Waals surface area (Å²) in [6.07, 6.45) is 1.78. The molecule has 0 aliphatic carbocycles. The second-order valence-corrected chi connectivity index (χ2v) is 6.06. The Bertz CT molecular complexity index is 717. The Morgan fingerprint density at radius 2 is 1.92 bits per heavy atom. The van der Waals surface area contributed by atoms with Crippen molar-refractivity contribution in [1.29, 1.82) is 0 Å². The van der Waals surface area contributed by atoms with Gasteiger partial charge in [-0.2, -0.15) is 0 Å². The summed E-state index contributed by atoms with van der Waals surface area (Å²) in [5, 5.41) is 4.91. The molecule has 2 aromatic carbocycles. The summed E-state index contributed by atoms with van der Waals surface area (Å²) >= 11 is 3.53. The topological polar surface area (TPSA) is 64.6 Å². The summed E-state index contributed by atoms with van der Waals surface area (Å²) in [5.74, 6) is 0.216. The van der Waals surface area contributed by atoms with Gasteiger partial charge < -0.3 is 14.8 Å². The van der Waals surface area contributed by atoms with Crippen LogP contribution in [0.15, 0.2) is 40.9 Å². The molecule has 1 N–H and O–H groups in total. The summed E-state index contributed by atoms with van der Waals surface area (Å²) in [7, 11) is 1.37. The lowest BCUT2D eigenvalue weighted by Crippen LogP contribution is -2.29. The zero-order valence-corrected chi connectivity index (χ0v) is 15.1. The van der Waals surface area contributed by atoms with Crippen LogP contribution in [0.3, 0.4) is 0 Å². The highest BCUT2D eigenvalue weighted by Gasteiger charge is 2.08. The van der Waals surface area contributed by atoms with Gasteiger partial charge in [0.2, 0.25) is 0 Å². The number of halogens is 1. The van der Waals surface area contributed by atoms with Gasteiger partial charge in [-0.25, -0.2) is 0 Å². The van der Waals surface area contributed by atoms with E-state index in [1.54, 1.807) is 0 Å². The zero-order valence-electron chi connectivity index (χ0n) is 13.5. The number of carbonyl (C=O) groups is 2. The molecule has 0 saturated heterocycles. The fourth-order valence-corrected chi connectivity index (χ4v) is 2.85. The van der Waals surface area contributed by atoms with Crippen molar-refractivity contribution >= 4 is 38.6 Å². The first-order valence-corrected chi connectivity index (χ1v) is 8.54. The lowest BCUT2D eigenvalue weighted by Gasteiger charge is -2.10.